The second-order valence-electron chi connectivity index (χ2n) is 4.24. The molecule has 5 nitrogen and oxygen atoms in total. The summed E-state index contributed by atoms with van der Waals surface area (Å²) in [5.74, 6) is -0.115. The first kappa shape index (κ1) is 12.4. The number of rotatable bonds is 3. The van der Waals surface area contributed by atoms with Gasteiger partial charge in [0.05, 0.1) is 7.11 Å². The highest BCUT2D eigenvalue weighted by Crippen LogP contribution is 2.19. The smallest absolute Gasteiger partial charge is 0.328 e. The number of carbonyl (C=O) groups is 2. The molecule has 1 aliphatic heterocycles. The maximum absolute atomic E-state index is 11.6. The number of nitrogens with one attached hydrogen (secondary N) is 1. The molecule has 1 aromatic rings. The van der Waals surface area contributed by atoms with Crippen molar-refractivity contribution in [3.63, 3.8) is 0 Å². The molecule has 5 heteroatoms. The van der Waals surface area contributed by atoms with Crippen molar-refractivity contribution in [2.75, 3.05) is 7.11 Å². The van der Waals surface area contributed by atoms with Crippen LogP contribution < -0.4 is 10.1 Å². The van der Waals surface area contributed by atoms with Crippen LogP contribution in [0.3, 0.4) is 0 Å². The largest absolute Gasteiger partial charge is 0.481 e. The monoisotopic (exact) mass is 249 g/mol. The molecule has 0 radical (unpaired) electrons. The highest BCUT2D eigenvalue weighted by atomic mass is 16.5. The Morgan fingerprint density at radius 2 is 2.00 bits per heavy atom. The van der Waals surface area contributed by atoms with E-state index in [1.165, 1.54) is 7.11 Å². The predicted octanol–water partition coefficient (Wildman–Crippen LogP) is 0.804. The lowest BCUT2D eigenvalue weighted by atomic mass is 10.2. The molecule has 1 aliphatic rings. The Balaban J connectivity index is 2.00. The van der Waals surface area contributed by atoms with Gasteiger partial charge >= 0.3 is 5.97 Å². The van der Waals surface area contributed by atoms with Crippen LogP contribution in [0, 0.1) is 6.92 Å². The maximum atomic E-state index is 11.6. The van der Waals surface area contributed by atoms with Crippen molar-refractivity contribution >= 4 is 11.9 Å². The number of amides is 1. The van der Waals surface area contributed by atoms with Crippen molar-refractivity contribution in [1.29, 1.82) is 0 Å². The summed E-state index contributed by atoms with van der Waals surface area (Å²) in [6.07, 6.45) is -0.351. The van der Waals surface area contributed by atoms with Crippen LogP contribution in [0.15, 0.2) is 24.3 Å². The van der Waals surface area contributed by atoms with E-state index in [1.807, 2.05) is 19.1 Å². The van der Waals surface area contributed by atoms with E-state index < -0.39 is 18.1 Å². The van der Waals surface area contributed by atoms with Crippen LogP contribution in [0.2, 0.25) is 0 Å². The fourth-order valence-electron chi connectivity index (χ4n) is 1.82. The Bertz CT molecular complexity index is 455. The summed E-state index contributed by atoms with van der Waals surface area (Å²) >= 11 is 0. The Hall–Kier alpha value is -2.04. The van der Waals surface area contributed by atoms with Gasteiger partial charge < -0.3 is 14.8 Å². The molecule has 96 valence electrons. The van der Waals surface area contributed by atoms with Crippen LogP contribution in [0.4, 0.5) is 0 Å². The predicted molar refractivity (Wildman–Crippen MR) is 64.2 cm³/mol. The summed E-state index contributed by atoms with van der Waals surface area (Å²) in [7, 11) is 1.29. The first-order chi connectivity index (χ1) is 8.60. The Morgan fingerprint density at radius 3 is 2.61 bits per heavy atom. The molecule has 1 fully saturated rings. The molecule has 1 amide bonds. The normalized spacial score (nSPS) is 22.4. The molecule has 0 bridgehead atoms. The average Bonchev–Trinajstić information content (AvgIpc) is 2.73. The van der Waals surface area contributed by atoms with Crippen LogP contribution in [0.5, 0.6) is 5.75 Å². The van der Waals surface area contributed by atoms with E-state index in [0.717, 1.165) is 5.56 Å². The molecular weight excluding hydrogens is 234 g/mol. The number of carbonyl (C=O) groups excluding carboxylic acids is 2. The second kappa shape index (κ2) is 5.08. The van der Waals surface area contributed by atoms with Gasteiger partial charge in [0, 0.05) is 6.42 Å². The van der Waals surface area contributed by atoms with Crippen LogP contribution in [-0.2, 0) is 14.3 Å². The molecule has 1 aromatic carbocycles. The fraction of sp³-hybridized carbons (Fsp3) is 0.385. The van der Waals surface area contributed by atoms with Gasteiger partial charge in [-0.3, -0.25) is 4.79 Å². The quantitative estimate of drug-likeness (QED) is 0.805. The van der Waals surface area contributed by atoms with Gasteiger partial charge in [-0.2, -0.15) is 0 Å². The summed E-state index contributed by atoms with van der Waals surface area (Å²) in [5.41, 5.74) is 1.12. The maximum Gasteiger partial charge on any atom is 0.328 e. The Morgan fingerprint density at radius 1 is 1.33 bits per heavy atom. The van der Waals surface area contributed by atoms with Crippen molar-refractivity contribution in [1.82, 2.24) is 5.32 Å². The molecule has 18 heavy (non-hydrogen) atoms. The van der Waals surface area contributed by atoms with E-state index in [-0.39, 0.29) is 5.91 Å². The van der Waals surface area contributed by atoms with Gasteiger partial charge in [0.25, 0.3) is 5.91 Å². The zero-order chi connectivity index (χ0) is 13.1. The lowest BCUT2D eigenvalue weighted by molar-refractivity contribution is -0.143. The van der Waals surface area contributed by atoms with E-state index in [1.54, 1.807) is 12.1 Å². The summed E-state index contributed by atoms with van der Waals surface area (Å²) in [6, 6.07) is 6.79. The van der Waals surface area contributed by atoms with Gasteiger partial charge in [-0.1, -0.05) is 17.7 Å². The van der Waals surface area contributed by atoms with E-state index in [9.17, 15) is 9.59 Å². The molecular formula is C13H15NO4. The minimum Gasteiger partial charge on any atom is -0.481 e. The van der Waals surface area contributed by atoms with Crippen LogP contribution in [0.1, 0.15) is 12.0 Å². The minimum atomic E-state index is -0.642. The number of ether oxygens (including phenoxy) is 2. The summed E-state index contributed by atoms with van der Waals surface area (Å²) in [5, 5.41) is 2.55. The molecule has 1 heterocycles. The van der Waals surface area contributed by atoms with Gasteiger partial charge in [-0.05, 0) is 19.1 Å². The molecule has 0 aliphatic carbocycles. The molecule has 2 rings (SSSR count). The molecule has 1 N–H and O–H groups in total. The van der Waals surface area contributed by atoms with Crippen LogP contribution in [-0.4, -0.2) is 31.1 Å². The number of hydrogen-bond donors (Lipinski definition) is 1. The summed E-state index contributed by atoms with van der Waals surface area (Å²) < 4.78 is 10.1. The van der Waals surface area contributed by atoms with Gasteiger partial charge in [0.2, 0.25) is 0 Å². The molecule has 0 spiro atoms. The third kappa shape index (κ3) is 2.61. The molecule has 0 saturated carbocycles. The Kier molecular flexibility index (Phi) is 3.50. The minimum absolute atomic E-state index is 0.286. The number of methoxy groups -OCH3 is 1. The second-order valence-corrected chi connectivity index (χ2v) is 4.24. The average molecular weight is 249 g/mol. The third-order valence-corrected chi connectivity index (χ3v) is 2.84. The summed E-state index contributed by atoms with van der Waals surface area (Å²) in [4.78, 5) is 22.9. The van der Waals surface area contributed by atoms with Crippen molar-refractivity contribution in [2.24, 2.45) is 0 Å². The SMILES string of the molecule is COC(=O)[C@@H]1C[C@@H](Oc2ccc(C)cc2)C(=O)N1. The number of aryl methyl sites for hydroxylation is 1. The summed E-state index contributed by atoms with van der Waals surface area (Å²) in [6.45, 7) is 1.97. The zero-order valence-electron chi connectivity index (χ0n) is 10.3. The highest BCUT2D eigenvalue weighted by molar-refractivity contribution is 5.91. The van der Waals surface area contributed by atoms with Crippen molar-refractivity contribution < 1.29 is 19.1 Å². The van der Waals surface area contributed by atoms with Gasteiger partial charge in [0.15, 0.2) is 6.10 Å². The van der Waals surface area contributed by atoms with E-state index in [2.05, 4.69) is 10.1 Å². The molecule has 0 unspecified atom stereocenters. The van der Waals surface area contributed by atoms with Gasteiger partial charge in [-0.25, -0.2) is 4.79 Å². The van der Waals surface area contributed by atoms with E-state index >= 15 is 0 Å². The molecule has 2 atom stereocenters. The van der Waals surface area contributed by atoms with Crippen LogP contribution in [0.25, 0.3) is 0 Å². The van der Waals surface area contributed by atoms with Gasteiger partial charge in [-0.15, -0.1) is 0 Å². The van der Waals surface area contributed by atoms with Gasteiger partial charge in [0.1, 0.15) is 11.8 Å². The third-order valence-electron chi connectivity index (χ3n) is 2.84. The first-order valence-corrected chi connectivity index (χ1v) is 5.71. The van der Waals surface area contributed by atoms with Crippen molar-refractivity contribution in [3.05, 3.63) is 29.8 Å². The Labute approximate surface area is 105 Å². The standard InChI is InChI=1S/C13H15NO4/c1-8-3-5-9(6-4-8)18-11-7-10(13(16)17-2)14-12(11)15/h3-6,10-11H,7H2,1-2H3,(H,14,15)/t10-,11+/m0/s1. The topological polar surface area (TPSA) is 64.6 Å². The number of benzene rings is 1. The number of esters is 1. The van der Waals surface area contributed by atoms with E-state index in [0.29, 0.717) is 12.2 Å². The first-order valence-electron chi connectivity index (χ1n) is 5.71. The lowest BCUT2D eigenvalue weighted by Crippen LogP contribution is -2.34. The van der Waals surface area contributed by atoms with Crippen molar-refractivity contribution in [2.45, 2.75) is 25.5 Å². The molecule has 1 saturated heterocycles. The zero-order valence-corrected chi connectivity index (χ0v) is 10.3. The van der Waals surface area contributed by atoms with Crippen LogP contribution >= 0.6 is 0 Å². The molecule has 0 aromatic heterocycles. The lowest BCUT2D eigenvalue weighted by Gasteiger charge is -2.11. The van der Waals surface area contributed by atoms with Crippen molar-refractivity contribution in [3.8, 4) is 5.75 Å². The number of hydrogen-bond acceptors (Lipinski definition) is 4. The highest BCUT2D eigenvalue weighted by Gasteiger charge is 2.38. The van der Waals surface area contributed by atoms with E-state index in [4.69, 9.17) is 4.74 Å². The fourth-order valence-corrected chi connectivity index (χ4v) is 1.82.